The highest BCUT2D eigenvalue weighted by Gasteiger charge is 2.57. The first-order valence-corrected chi connectivity index (χ1v) is 9.67. The van der Waals surface area contributed by atoms with Crippen LogP contribution in [0.25, 0.3) is 0 Å². The third-order valence-corrected chi connectivity index (χ3v) is 5.26. The van der Waals surface area contributed by atoms with Gasteiger partial charge < -0.3 is 4.74 Å². The Balaban J connectivity index is 1.90. The number of hydrogen-bond donors (Lipinski definition) is 0. The fraction of sp³-hybridized carbons (Fsp3) is 0.200. The fourth-order valence-electron chi connectivity index (χ4n) is 3.86. The molecule has 0 aromatic heterocycles. The molecule has 0 saturated carbocycles. The lowest BCUT2D eigenvalue weighted by atomic mass is 9.81. The van der Waals surface area contributed by atoms with Gasteiger partial charge >= 0.3 is 0 Å². The van der Waals surface area contributed by atoms with Crippen LogP contribution in [0.4, 0.5) is 0 Å². The van der Waals surface area contributed by atoms with Crippen LogP contribution in [0.3, 0.4) is 0 Å². The molecular weight excluding hydrogens is 362 g/mol. The summed E-state index contributed by atoms with van der Waals surface area (Å²) < 4.78 is 6.39. The van der Waals surface area contributed by atoms with Gasteiger partial charge in [-0.05, 0) is 30.5 Å². The Morgan fingerprint density at radius 1 is 0.690 bits per heavy atom. The second-order valence-corrected chi connectivity index (χ2v) is 7.71. The molecule has 0 atom stereocenters. The molecule has 4 rings (SSSR count). The van der Waals surface area contributed by atoms with Gasteiger partial charge in [-0.3, -0.25) is 14.5 Å². The molecule has 1 heterocycles. The van der Waals surface area contributed by atoms with Crippen molar-refractivity contribution < 1.29 is 14.3 Å². The average molecular weight is 385 g/mol. The van der Waals surface area contributed by atoms with Gasteiger partial charge in [0.2, 0.25) is 0 Å². The SMILES string of the molecule is CC1(C)OC(c2ccccc2)(c2ccccc2)C(=O)N(Cc2ccccc2)C1=O. The van der Waals surface area contributed by atoms with Crippen LogP contribution in [-0.4, -0.2) is 22.3 Å². The van der Waals surface area contributed by atoms with Crippen LogP contribution < -0.4 is 0 Å². The van der Waals surface area contributed by atoms with Crippen molar-refractivity contribution in [1.82, 2.24) is 4.90 Å². The molecule has 0 radical (unpaired) electrons. The summed E-state index contributed by atoms with van der Waals surface area (Å²) in [5.41, 5.74) is -0.269. The van der Waals surface area contributed by atoms with E-state index in [0.717, 1.165) is 5.56 Å². The van der Waals surface area contributed by atoms with Crippen molar-refractivity contribution in [1.29, 1.82) is 0 Å². The predicted molar refractivity (Wildman–Crippen MR) is 111 cm³/mol. The molecule has 4 heteroatoms. The second kappa shape index (κ2) is 7.30. The Morgan fingerprint density at radius 3 is 1.62 bits per heavy atom. The fourth-order valence-corrected chi connectivity index (χ4v) is 3.86. The molecule has 1 aliphatic heterocycles. The maximum absolute atomic E-state index is 13.9. The second-order valence-electron chi connectivity index (χ2n) is 7.71. The summed E-state index contributed by atoms with van der Waals surface area (Å²) in [5, 5.41) is 0. The molecule has 0 aliphatic carbocycles. The molecule has 4 nitrogen and oxygen atoms in total. The zero-order chi connectivity index (χ0) is 20.5. The van der Waals surface area contributed by atoms with Crippen molar-refractivity contribution in [3.05, 3.63) is 108 Å². The van der Waals surface area contributed by atoms with Gasteiger partial charge in [0, 0.05) is 0 Å². The van der Waals surface area contributed by atoms with Gasteiger partial charge in [-0.1, -0.05) is 91.0 Å². The number of hydrogen-bond acceptors (Lipinski definition) is 3. The molecule has 146 valence electrons. The number of amides is 2. The van der Waals surface area contributed by atoms with E-state index in [1.165, 1.54) is 4.90 Å². The third kappa shape index (κ3) is 3.26. The Morgan fingerprint density at radius 2 is 1.14 bits per heavy atom. The van der Waals surface area contributed by atoms with E-state index in [2.05, 4.69) is 0 Å². The zero-order valence-electron chi connectivity index (χ0n) is 16.5. The molecule has 2 amide bonds. The summed E-state index contributed by atoms with van der Waals surface area (Å²) in [6.45, 7) is 3.65. The minimum atomic E-state index is -1.39. The largest absolute Gasteiger partial charge is 0.340 e. The van der Waals surface area contributed by atoms with E-state index in [1.54, 1.807) is 13.8 Å². The van der Waals surface area contributed by atoms with Gasteiger partial charge in [0.05, 0.1) is 6.54 Å². The van der Waals surface area contributed by atoms with Crippen molar-refractivity contribution in [3.8, 4) is 0 Å². The summed E-state index contributed by atoms with van der Waals surface area (Å²) in [7, 11) is 0. The summed E-state index contributed by atoms with van der Waals surface area (Å²) in [6, 6.07) is 28.3. The van der Waals surface area contributed by atoms with Gasteiger partial charge in [-0.15, -0.1) is 0 Å². The number of rotatable bonds is 4. The highest BCUT2D eigenvalue weighted by Crippen LogP contribution is 2.43. The van der Waals surface area contributed by atoms with Crippen LogP contribution in [0.2, 0.25) is 0 Å². The van der Waals surface area contributed by atoms with Crippen molar-refractivity contribution in [3.63, 3.8) is 0 Å². The van der Waals surface area contributed by atoms with Crippen molar-refractivity contribution in [2.24, 2.45) is 0 Å². The number of benzene rings is 3. The van der Waals surface area contributed by atoms with Crippen LogP contribution in [0.15, 0.2) is 91.0 Å². The molecule has 3 aromatic rings. The molecule has 0 unspecified atom stereocenters. The molecule has 0 spiro atoms. The van der Waals surface area contributed by atoms with E-state index in [-0.39, 0.29) is 18.4 Å². The third-order valence-electron chi connectivity index (χ3n) is 5.26. The molecule has 0 bridgehead atoms. The van der Waals surface area contributed by atoms with Gasteiger partial charge in [0.1, 0.15) is 5.60 Å². The van der Waals surface area contributed by atoms with Crippen LogP contribution in [-0.2, 0) is 26.5 Å². The van der Waals surface area contributed by atoms with Gasteiger partial charge in [-0.25, -0.2) is 0 Å². The summed E-state index contributed by atoms with van der Waals surface area (Å²) in [5.74, 6) is -0.711. The number of carbonyl (C=O) groups is 2. The van der Waals surface area contributed by atoms with Crippen LogP contribution >= 0.6 is 0 Å². The van der Waals surface area contributed by atoms with Crippen LogP contribution in [0.1, 0.15) is 30.5 Å². The normalized spacial score (nSPS) is 17.9. The Hall–Kier alpha value is -3.24. The number of imide groups is 1. The van der Waals surface area contributed by atoms with Crippen LogP contribution in [0, 0.1) is 0 Å². The smallest absolute Gasteiger partial charge is 0.271 e. The lowest BCUT2D eigenvalue weighted by molar-refractivity contribution is -0.206. The number of morpholine rings is 1. The topological polar surface area (TPSA) is 46.6 Å². The van der Waals surface area contributed by atoms with Crippen LogP contribution in [0.5, 0.6) is 0 Å². The lowest BCUT2D eigenvalue weighted by Crippen LogP contribution is -2.64. The van der Waals surface area contributed by atoms with Crippen molar-refractivity contribution >= 4 is 11.8 Å². The van der Waals surface area contributed by atoms with E-state index in [9.17, 15) is 9.59 Å². The first kappa shape index (κ1) is 19.1. The molecular formula is C25H23NO3. The minimum Gasteiger partial charge on any atom is -0.340 e. The quantitative estimate of drug-likeness (QED) is 0.629. The Bertz CT molecular complexity index is 974. The van der Waals surface area contributed by atoms with Gasteiger partial charge in [-0.2, -0.15) is 0 Å². The highest BCUT2D eigenvalue weighted by molar-refractivity contribution is 6.06. The molecule has 3 aromatic carbocycles. The summed E-state index contributed by atoms with van der Waals surface area (Å²) >= 11 is 0. The van der Waals surface area contributed by atoms with Gasteiger partial charge in [0.15, 0.2) is 5.60 Å². The lowest BCUT2D eigenvalue weighted by Gasteiger charge is -2.48. The summed E-state index contributed by atoms with van der Waals surface area (Å²) in [4.78, 5) is 28.5. The first-order valence-electron chi connectivity index (χ1n) is 9.67. The monoisotopic (exact) mass is 385 g/mol. The highest BCUT2D eigenvalue weighted by atomic mass is 16.5. The maximum atomic E-state index is 13.9. The van der Waals surface area contributed by atoms with Crippen molar-refractivity contribution in [2.45, 2.75) is 31.6 Å². The molecule has 0 N–H and O–H groups in total. The van der Waals surface area contributed by atoms with E-state index in [0.29, 0.717) is 11.1 Å². The van der Waals surface area contributed by atoms with E-state index < -0.39 is 11.2 Å². The zero-order valence-corrected chi connectivity index (χ0v) is 16.5. The van der Waals surface area contributed by atoms with E-state index in [4.69, 9.17) is 4.74 Å². The average Bonchev–Trinajstić information content (AvgIpc) is 2.76. The Kier molecular flexibility index (Phi) is 4.81. The molecule has 1 fully saturated rings. The Labute approximate surface area is 170 Å². The molecule has 29 heavy (non-hydrogen) atoms. The number of ether oxygens (including phenoxy) is 1. The summed E-state index contributed by atoms with van der Waals surface area (Å²) in [6.07, 6.45) is 0. The molecule has 1 aliphatic rings. The van der Waals surface area contributed by atoms with E-state index >= 15 is 0 Å². The van der Waals surface area contributed by atoms with Crippen molar-refractivity contribution in [2.75, 3.05) is 0 Å². The minimum absolute atomic E-state index is 0.201. The van der Waals surface area contributed by atoms with Gasteiger partial charge in [0.25, 0.3) is 11.8 Å². The maximum Gasteiger partial charge on any atom is 0.271 e. The number of carbonyl (C=O) groups excluding carboxylic acids is 2. The van der Waals surface area contributed by atoms with E-state index in [1.807, 2.05) is 91.0 Å². The first-order chi connectivity index (χ1) is 13.9. The number of nitrogens with zero attached hydrogens (tertiary/aromatic N) is 1. The molecule has 1 saturated heterocycles. The predicted octanol–water partition coefficient (Wildman–Crippen LogP) is 4.29. The standard InChI is InChI=1S/C25H23NO3/c1-24(2)22(27)26(18-19-12-6-3-7-13-19)23(28)25(29-24,20-14-8-4-9-15-20)21-16-10-5-11-17-21/h3-17H,18H2,1-2H3.